The second-order valence-corrected chi connectivity index (χ2v) is 7.37. The van der Waals surface area contributed by atoms with Crippen LogP contribution in [-0.4, -0.2) is 48.5 Å². The first-order valence-electron chi connectivity index (χ1n) is 8.37. The summed E-state index contributed by atoms with van der Waals surface area (Å²) in [6, 6.07) is 2.37. The van der Waals surface area contributed by atoms with Gasteiger partial charge in [0.05, 0.1) is 23.7 Å². The number of piperidine rings is 1. The smallest absolute Gasteiger partial charge is 0.0683 e. The molecule has 1 aliphatic heterocycles. The molecule has 21 heavy (non-hydrogen) atoms. The second-order valence-electron chi connectivity index (χ2n) is 7.37. The molecular formula is C17H30N2O2. The lowest BCUT2D eigenvalue weighted by molar-refractivity contribution is -0.209. The van der Waals surface area contributed by atoms with Crippen molar-refractivity contribution >= 4 is 0 Å². The molecular weight excluding hydrogens is 264 g/mol. The molecule has 1 saturated carbocycles. The zero-order valence-electron chi connectivity index (χ0n) is 13.8. The highest BCUT2D eigenvalue weighted by Crippen LogP contribution is 2.50. The molecule has 2 unspecified atom stereocenters. The molecule has 1 spiro atoms. The number of ether oxygens (including phenoxy) is 1. The molecule has 1 N–H and O–H groups in total. The van der Waals surface area contributed by atoms with Crippen molar-refractivity contribution in [1.82, 2.24) is 4.90 Å². The summed E-state index contributed by atoms with van der Waals surface area (Å²) >= 11 is 0. The predicted octanol–water partition coefficient (Wildman–Crippen LogP) is 2.57. The quantitative estimate of drug-likeness (QED) is 0.818. The van der Waals surface area contributed by atoms with Crippen molar-refractivity contribution in [3.05, 3.63) is 0 Å². The Morgan fingerprint density at radius 3 is 2.57 bits per heavy atom. The molecule has 2 aliphatic rings. The highest BCUT2D eigenvalue weighted by molar-refractivity contribution is 5.06. The molecule has 2 rings (SSSR count). The Balaban J connectivity index is 1.75. The molecule has 4 heteroatoms. The summed E-state index contributed by atoms with van der Waals surface area (Å²) < 4.78 is 5.80. The third kappa shape index (κ3) is 3.59. The van der Waals surface area contributed by atoms with Crippen LogP contribution >= 0.6 is 0 Å². The van der Waals surface area contributed by atoms with Gasteiger partial charge in [0.1, 0.15) is 0 Å². The molecule has 0 bridgehead atoms. The van der Waals surface area contributed by atoms with E-state index in [1.807, 2.05) is 20.8 Å². The van der Waals surface area contributed by atoms with Gasteiger partial charge in [-0.2, -0.15) is 5.26 Å². The highest BCUT2D eigenvalue weighted by Gasteiger charge is 2.55. The van der Waals surface area contributed by atoms with E-state index >= 15 is 0 Å². The molecule has 0 aromatic carbocycles. The van der Waals surface area contributed by atoms with Gasteiger partial charge in [-0.3, -0.25) is 0 Å². The van der Waals surface area contributed by atoms with Crippen LogP contribution in [0.15, 0.2) is 0 Å². The number of aliphatic hydroxyl groups is 1. The third-order valence-corrected chi connectivity index (χ3v) is 5.48. The number of nitrogens with zero attached hydrogens (tertiary/aromatic N) is 2. The van der Waals surface area contributed by atoms with E-state index in [0.29, 0.717) is 0 Å². The van der Waals surface area contributed by atoms with Crippen molar-refractivity contribution in [1.29, 1.82) is 5.26 Å². The van der Waals surface area contributed by atoms with Gasteiger partial charge >= 0.3 is 0 Å². The molecule has 0 radical (unpaired) electrons. The number of nitriles is 1. The summed E-state index contributed by atoms with van der Waals surface area (Å²) in [5, 5.41) is 19.2. The summed E-state index contributed by atoms with van der Waals surface area (Å²) in [6.45, 7) is 9.96. The Bertz CT molecular complexity index is 379. The Labute approximate surface area is 129 Å². The molecule has 0 aromatic rings. The fourth-order valence-corrected chi connectivity index (χ4v) is 3.81. The Hall–Kier alpha value is -0.630. The minimum atomic E-state index is -0.207. The average Bonchev–Trinajstić information content (AvgIpc) is 2.48. The van der Waals surface area contributed by atoms with Gasteiger partial charge in [0.15, 0.2) is 0 Å². The molecule has 4 nitrogen and oxygen atoms in total. The number of likely N-dealkylation sites (tertiary alicyclic amines) is 1. The minimum absolute atomic E-state index is 0.0262. The molecule has 2 fully saturated rings. The van der Waals surface area contributed by atoms with Crippen molar-refractivity contribution < 1.29 is 9.84 Å². The van der Waals surface area contributed by atoms with Crippen LogP contribution in [0.4, 0.5) is 0 Å². The van der Waals surface area contributed by atoms with Crippen molar-refractivity contribution in [2.45, 2.75) is 65.1 Å². The van der Waals surface area contributed by atoms with E-state index in [9.17, 15) is 5.11 Å². The summed E-state index contributed by atoms with van der Waals surface area (Å²) in [5.74, 6) is 0. The maximum absolute atomic E-state index is 10.2. The van der Waals surface area contributed by atoms with Crippen molar-refractivity contribution in [3.8, 4) is 6.07 Å². The Kier molecular flexibility index (Phi) is 5.29. The van der Waals surface area contributed by atoms with Gasteiger partial charge in [-0.25, -0.2) is 0 Å². The lowest BCUT2D eigenvalue weighted by atomic mass is 9.58. The number of hydrogen-bond donors (Lipinski definition) is 1. The Morgan fingerprint density at radius 2 is 2.05 bits per heavy atom. The number of aliphatic hydroxyl groups excluding tert-OH is 1. The van der Waals surface area contributed by atoms with Gasteiger partial charge in [-0.1, -0.05) is 0 Å². The molecule has 1 heterocycles. The van der Waals surface area contributed by atoms with Gasteiger partial charge in [0, 0.05) is 18.4 Å². The maximum Gasteiger partial charge on any atom is 0.0683 e. The second kappa shape index (κ2) is 6.64. The summed E-state index contributed by atoms with van der Waals surface area (Å²) in [4.78, 5) is 2.48. The first-order valence-corrected chi connectivity index (χ1v) is 8.37. The van der Waals surface area contributed by atoms with Crippen LogP contribution < -0.4 is 0 Å². The molecule has 0 aromatic heterocycles. The standard InChI is InChI=1S/C17H30N2O2/c1-4-21-15-12-14(20)17(15)7-10-19(11-8-17)9-5-6-16(2,3)13-18/h14-15,20H,4-12H2,1-3H3. The lowest BCUT2D eigenvalue weighted by Gasteiger charge is -2.56. The number of rotatable bonds is 6. The summed E-state index contributed by atoms with van der Waals surface area (Å²) in [7, 11) is 0. The van der Waals surface area contributed by atoms with Crippen molar-refractivity contribution in [2.24, 2.45) is 10.8 Å². The van der Waals surface area contributed by atoms with E-state index in [1.165, 1.54) is 0 Å². The van der Waals surface area contributed by atoms with Gasteiger partial charge in [-0.15, -0.1) is 0 Å². The van der Waals surface area contributed by atoms with Crippen LogP contribution in [0.3, 0.4) is 0 Å². The maximum atomic E-state index is 10.2. The molecule has 1 saturated heterocycles. The number of hydrogen-bond acceptors (Lipinski definition) is 4. The first-order chi connectivity index (χ1) is 9.93. The summed E-state index contributed by atoms with van der Waals surface area (Å²) in [6.07, 6.45) is 5.01. The third-order valence-electron chi connectivity index (χ3n) is 5.48. The van der Waals surface area contributed by atoms with E-state index < -0.39 is 0 Å². The first kappa shape index (κ1) is 16.7. The van der Waals surface area contributed by atoms with Gasteiger partial charge in [0.2, 0.25) is 0 Å². The van der Waals surface area contributed by atoms with Gasteiger partial charge in [-0.05, 0) is 66.1 Å². The Morgan fingerprint density at radius 1 is 1.38 bits per heavy atom. The fraction of sp³-hybridized carbons (Fsp3) is 0.941. The SMILES string of the molecule is CCOC1CC(O)C12CCN(CCCC(C)(C)C#N)CC2. The van der Waals surface area contributed by atoms with Crippen LogP contribution in [0.5, 0.6) is 0 Å². The monoisotopic (exact) mass is 294 g/mol. The van der Waals surface area contributed by atoms with Crippen molar-refractivity contribution in [2.75, 3.05) is 26.2 Å². The van der Waals surface area contributed by atoms with Gasteiger partial charge < -0.3 is 14.7 Å². The van der Waals surface area contributed by atoms with E-state index in [1.54, 1.807) is 0 Å². The van der Waals surface area contributed by atoms with Crippen molar-refractivity contribution in [3.63, 3.8) is 0 Å². The van der Waals surface area contributed by atoms with E-state index in [2.05, 4.69) is 11.0 Å². The lowest BCUT2D eigenvalue weighted by Crippen LogP contribution is -2.62. The van der Waals surface area contributed by atoms with Gasteiger partial charge in [0.25, 0.3) is 0 Å². The van der Waals surface area contributed by atoms with Crippen LogP contribution in [-0.2, 0) is 4.74 Å². The van der Waals surface area contributed by atoms with E-state index in [4.69, 9.17) is 10.00 Å². The zero-order chi connectivity index (χ0) is 15.5. The zero-order valence-corrected chi connectivity index (χ0v) is 13.8. The average molecular weight is 294 g/mol. The van der Waals surface area contributed by atoms with Crippen LogP contribution in [0.2, 0.25) is 0 Å². The minimum Gasteiger partial charge on any atom is -0.392 e. The molecule has 120 valence electrons. The largest absolute Gasteiger partial charge is 0.392 e. The molecule has 0 amide bonds. The molecule has 2 atom stereocenters. The van der Waals surface area contributed by atoms with Crippen LogP contribution in [0.25, 0.3) is 0 Å². The predicted molar refractivity (Wildman–Crippen MR) is 82.8 cm³/mol. The van der Waals surface area contributed by atoms with Crippen LogP contribution in [0.1, 0.15) is 52.9 Å². The topological polar surface area (TPSA) is 56.5 Å². The summed E-state index contributed by atoms with van der Waals surface area (Å²) in [5.41, 5.74) is -0.181. The van der Waals surface area contributed by atoms with Crippen LogP contribution in [0, 0.1) is 22.2 Å². The normalized spacial score (nSPS) is 29.1. The van der Waals surface area contributed by atoms with E-state index in [0.717, 1.165) is 58.3 Å². The molecule has 1 aliphatic carbocycles. The highest BCUT2D eigenvalue weighted by atomic mass is 16.5. The fourth-order valence-electron chi connectivity index (χ4n) is 3.81. The van der Waals surface area contributed by atoms with E-state index in [-0.39, 0.29) is 23.0 Å².